The quantitative estimate of drug-likeness (QED) is 0.809. The fraction of sp³-hybridized carbons (Fsp3) is 0.429. The van der Waals surface area contributed by atoms with E-state index in [0.29, 0.717) is 11.8 Å². The van der Waals surface area contributed by atoms with Crippen LogP contribution in [-0.4, -0.2) is 36.3 Å². The van der Waals surface area contributed by atoms with E-state index in [2.05, 4.69) is 30.8 Å². The van der Waals surface area contributed by atoms with E-state index in [4.69, 9.17) is 4.74 Å². The Kier molecular flexibility index (Phi) is 2.70. The minimum absolute atomic E-state index is 0.657. The van der Waals surface area contributed by atoms with E-state index in [9.17, 15) is 0 Å². The van der Waals surface area contributed by atoms with Crippen LogP contribution in [0.1, 0.15) is 0 Å². The minimum Gasteiger partial charge on any atom is -0.381 e. The van der Waals surface area contributed by atoms with E-state index in [1.165, 1.54) is 0 Å². The monoisotopic (exact) mass is 319 g/mol. The fourth-order valence-electron chi connectivity index (χ4n) is 3.00. The zero-order valence-electron chi connectivity index (χ0n) is 10.4. The molecule has 2 aliphatic rings. The number of halogens is 1. The van der Waals surface area contributed by atoms with Crippen LogP contribution in [0, 0.1) is 11.8 Å². The molecule has 0 N–H and O–H groups in total. The number of aromatic nitrogens is 2. The summed E-state index contributed by atoms with van der Waals surface area (Å²) in [5.74, 6) is 2.16. The molecule has 2 aliphatic heterocycles. The maximum Gasteiger partial charge on any atom is 0.225 e. The third-order valence-corrected chi connectivity index (χ3v) is 4.55. The Morgan fingerprint density at radius 3 is 2.79 bits per heavy atom. The van der Waals surface area contributed by atoms with Crippen molar-refractivity contribution in [1.29, 1.82) is 0 Å². The van der Waals surface area contributed by atoms with Crippen molar-refractivity contribution in [3.05, 3.63) is 28.9 Å². The molecule has 0 spiro atoms. The molecule has 5 heteroatoms. The van der Waals surface area contributed by atoms with Gasteiger partial charge >= 0.3 is 0 Å². The molecular formula is C14H14BrN3O. The molecule has 3 heterocycles. The van der Waals surface area contributed by atoms with Crippen LogP contribution in [0.25, 0.3) is 10.9 Å². The van der Waals surface area contributed by atoms with Crippen molar-refractivity contribution in [2.24, 2.45) is 11.8 Å². The molecule has 2 aromatic rings. The van der Waals surface area contributed by atoms with Crippen molar-refractivity contribution in [2.75, 3.05) is 31.2 Å². The average Bonchev–Trinajstić information content (AvgIpc) is 2.98. The molecule has 0 amide bonds. The first-order valence-corrected chi connectivity index (χ1v) is 7.34. The number of rotatable bonds is 1. The smallest absolute Gasteiger partial charge is 0.225 e. The Bertz CT molecular complexity index is 621. The molecule has 0 radical (unpaired) electrons. The highest BCUT2D eigenvalue weighted by Gasteiger charge is 2.38. The van der Waals surface area contributed by atoms with E-state index in [-0.39, 0.29) is 0 Å². The topological polar surface area (TPSA) is 38.2 Å². The Morgan fingerprint density at radius 1 is 1.21 bits per heavy atom. The number of nitrogens with zero attached hydrogens (tertiary/aromatic N) is 3. The van der Waals surface area contributed by atoms with Gasteiger partial charge in [0.2, 0.25) is 5.95 Å². The summed E-state index contributed by atoms with van der Waals surface area (Å²) >= 11 is 3.47. The molecule has 4 rings (SSSR count). The lowest BCUT2D eigenvalue weighted by Gasteiger charge is -2.17. The lowest BCUT2D eigenvalue weighted by atomic mass is 10.0. The van der Waals surface area contributed by atoms with Crippen molar-refractivity contribution in [1.82, 2.24) is 9.97 Å². The summed E-state index contributed by atoms with van der Waals surface area (Å²) in [6.45, 7) is 3.82. The van der Waals surface area contributed by atoms with Gasteiger partial charge in [0.05, 0.1) is 18.7 Å². The molecule has 2 fully saturated rings. The van der Waals surface area contributed by atoms with Crippen LogP contribution in [0.2, 0.25) is 0 Å². The lowest BCUT2D eigenvalue weighted by Crippen LogP contribution is -2.24. The molecule has 0 bridgehead atoms. The third kappa shape index (κ3) is 2.01. The predicted octanol–water partition coefficient (Wildman–Crippen LogP) is 2.47. The number of hydrogen-bond donors (Lipinski definition) is 0. The van der Waals surface area contributed by atoms with Crippen LogP contribution in [-0.2, 0) is 4.74 Å². The number of fused-ring (bicyclic) bond motifs is 2. The predicted molar refractivity (Wildman–Crippen MR) is 77.3 cm³/mol. The largest absolute Gasteiger partial charge is 0.381 e. The first-order chi connectivity index (χ1) is 9.29. The van der Waals surface area contributed by atoms with Gasteiger partial charge < -0.3 is 9.64 Å². The molecule has 0 aliphatic carbocycles. The van der Waals surface area contributed by atoms with E-state index in [1.54, 1.807) is 0 Å². The second-order valence-electron chi connectivity index (χ2n) is 5.34. The summed E-state index contributed by atoms with van der Waals surface area (Å²) in [7, 11) is 0. The minimum atomic E-state index is 0.657. The SMILES string of the molecule is Brc1ccc2nc(N3C[C@H]4COC[C@H]4C3)ncc2c1. The van der Waals surface area contributed by atoms with E-state index >= 15 is 0 Å². The third-order valence-electron chi connectivity index (χ3n) is 4.05. The molecule has 2 atom stereocenters. The summed E-state index contributed by atoms with van der Waals surface area (Å²) in [6, 6.07) is 6.10. The van der Waals surface area contributed by atoms with Gasteiger partial charge in [-0.2, -0.15) is 0 Å². The van der Waals surface area contributed by atoms with Gasteiger partial charge in [0.1, 0.15) is 0 Å². The summed E-state index contributed by atoms with van der Waals surface area (Å²) in [4.78, 5) is 11.5. The molecule has 0 unspecified atom stereocenters. The molecule has 1 aromatic heterocycles. The highest BCUT2D eigenvalue weighted by atomic mass is 79.9. The maximum absolute atomic E-state index is 5.51. The molecule has 2 saturated heterocycles. The van der Waals surface area contributed by atoms with Crippen molar-refractivity contribution in [2.45, 2.75) is 0 Å². The first-order valence-electron chi connectivity index (χ1n) is 6.54. The van der Waals surface area contributed by atoms with Crippen LogP contribution in [0.15, 0.2) is 28.9 Å². The Morgan fingerprint density at radius 2 is 2.00 bits per heavy atom. The molecule has 0 saturated carbocycles. The molecule has 1 aromatic carbocycles. The normalized spacial score (nSPS) is 26.1. The van der Waals surface area contributed by atoms with Gasteiger partial charge in [0.15, 0.2) is 0 Å². The van der Waals surface area contributed by atoms with E-state index in [1.807, 2.05) is 24.4 Å². The first kappa shape index (κ1) is 11.6. The molecular weight excluding hydrogens is 306 g/mol. The Hall–Kier alpha value is -1.20. The van der Waals surface area contributed by atoms with Crippen molar-refractivity contribution in [3.8, 4) is 0 Å². The highest BCUT2D eigenvalue weighted by Crippen LogP contribution is 2.31. The van der Waals surface area contributed by atoms with Crippen molar-refractivity contribution >= 4 is 32.8 Å². The molecule has 98 valence electrons. The van der Waals surface area contributed by atoms with Crippen LogP contribution >= 0.6 is 15.9 Å². The number of anilines is 1. The van der Waals surface area contributed by atoms with Gasteiger partial charge in [-0.3, -0.25) is 0 Å². The van der Waals surface area contributed by atoms with E-state index < -0.39 is 0 Å². The van der Waals surface area contributed by atoms with Gasteiger partial charge in [-0.1, -0.05) is 15.9 Å². The zero-order valence-corrected chi connectivity index (χ0v) is 12.0. The van der Waals surface area contributed by atoms with E-state index in [0.717, 1.165) is 47.6 Å². The second-order valence-corrected chi connectivity index (χ2v) is 6.25. The second kappa shape index (κ2) is 4.42. The molecule has 19 heavy (non-hydrogen) atoms. The van der Waals surface area contributed by atoms with Gasteiger partial charge in [-0.05, 0) is 18.2 Å². The van der Waals surface area contributed by atoms with Crippen molar-refractivity contribution in [3.63, 3.8) is 0 Å². The highest BCUT2D eigenvalue weighted by molar-refractivity contribution is 9.10. The fourth-order valence-corrected chi connectivity index (χ4v) is 3.38. The van der Waals surface area contributed by atoms with Gasteiger partial charge in [-0.25, -0.2) is 9.97 Å². The van der Waals surface area contributed by atoms with Gasteiger partial charge in [0, 0.05) is 41.0 Å². The van der Waals surface area contributed by atoms with Crippen LogP contribution < -0.4 is 4.90 Å². The van der Waals surface area contributed by atoms with Gasteiger partial charge in [0.25, 0.3) is 0 Å². The molecule has 4 nitrogen and oxygen atoms in total. The number of ether oxygens (including phenoxy) is 1. The Labute approximate surface area is 119 Å². The summed E-state index contributed by atoms with van der Waals surface area (Å²) in [6.07, 6.45) is 1.91. The average molecular weight is 320 g/mol. The lowest BCUT2D eigenvalue weighted by molar-refractivity contribution is 0.177. The summed E-state index contributed by atoms with van der Waals surface area (Å²) < 4.78 is 6.57. The number of hydrogen-bond acceptors (Lipinski definition) is 4. The number of benzene rings is 1. The van der Waals surface area contributed by atoms with Crippen LogP contribution in [0.5, 0.6) is 0 Å². The van der Waals surface area contributed by atoms with Crippen LogP contribution in [0.4, 0.5) is 5.95 Å². The maximum atomic E-state index is 5.51. The zero-order chi connectivity index (χ0) is 12.8. The van der Waals surface area contributed by atoms with Crippen molar-refractivity contribution < 1.29 is 4.74 Å². The summed E-state index contributed by atoms with van der Waals surface area (Å²) in [5.41, 5.74) is 1.00. The summed E-state index contributed by atoms with van der Waals surface area (Å²) in [5, 5.41) is 1.07. The Balaban J connectivity index is 1.66. The standard InChI is InChI=1S/C14H14BrN3O/c15-12-1-2-13-9(3-12)4-16-14(17-13)18-5-10-7-19-8-11(10)6-18/h1-4,10-11H,5-8H2/t10-,11+. The van der Waals surface area contributed by atoms with Crippen LogP contribution in [0.3, 0.4) is 0 Å². The van der Waals surface area contributed by atoms with Gasteiger partial charge in [-0.15, -0.1) is 0 Å².